The minimum Gasteiger partial charge on any atom is -0.497 e. The lowest BCUT2D eigenvalue weighted by molar-refractivity contribution is -0.136. The largest absolute Gasteiger partial charge is 0.497 e. The minimum atomic E-state index is -1.91. The van der Waals surface area contributed by atoms with E-state index in [1.807, 2.05) is 44.2 Å². The number of methoxy groups -OCH3 is 1. The summed E-state index contributed by atoms with van der Waals surface area (Å²) >= 11 is 0. The summed E-state index contributed by atoms with van der Waals surface area (Å²) in [4.78, 5) is 28.1. The summed E-state index contributed by atoms with van der Waals surface area (Å²) in [6, 6.07) is 20.0. The first kappa shape index (κ1) is 20.8. The van der Waals surface area contributed by atoms with Gasteiger partial charge in [0.15, 0.2) is 11.4 Å². The van der Waals surface area contributed by atoms with Crippen molar-refractivity contribution in [3.63, 3.8) is 0 Å². The van der Waals surface area contributed by atoms with Crippen LogP contribution in [-0.4, -0.2) is 23.9 Å². The SMILES string of the molecule is COc1cccc(C(=O)C[C@]2(O)C(=O)N(Cc3cc(C)ccc3C)c3ccccc32)c1. The number of amides is 1. The highest BCUT2D eigenvalue weighted by Gasteiger charge is 2.50. The molecule has 158 valence electrons. The molecule has 0 saturated carbocycles. The Hall–Kier alpha value is -3.44. The predicted molar refractivity (Wildman–Crippen MR) is 119 cm³/mol. The molecule has 1 aliphatic rings. The van der Waals surface area contributed by atoms with E-state index >= 15 is 0 Å². The van der Waals surface area contributed by atoms with E-state index in [4.69, 9.17) is 4.74 Å². The lowest BCUT2D eigenvalue weighted by atomic mass is 9.88. The van der Waals surface area contributed by atoms with Gasteiger partial charge in [0.05, 0.1) is 25.8 Å². The number of benzene rings is 3. The second-order valence-corrected chi connectivity index (χ2v) is 8.03. The molecule has 1 amide bonds. The van der Waals surface area contributed by atoms with Crippen molar-refractivity contribution in [3.8, 4) is 5.75 Å². The first-order chi connectivity index (χ1) is 14.8. The van der Waals surface area contributed by atoms with Gasteiger partial charge in [-0.2, -0.15) is 0 Å². The topological polar surface area (TPSA) is 66.8 Å². The molecule has 5 nitrogen and oxygen atoms in total. The highest BCUT2D eigenvalue weighted by atomic mass is 16.5. The Morgan fingerprint density at radius 3 is 2.58 bits per heavy atom. The van der Waals surface area contributed by atoms with Crippen molar-refractivity contribution in [1.29, 1.82) is 0 Å². The van der Waals surface area contributed by atoms with Gasteiger partial charge in [0, 0.05) is 11.1 Å². The number of nitrogens with zero attached hydrogens (tertiary/aromatic N) is 1. The molecule has 0 bridgehead atoms. The van der Waals surface area contributed by atoms with Crippen LogP contribution >= 0.6 is 0 Å². The number of aryl methyl sites for hydroxylation is 2. The van der Waals surface area contributed by atoms with Gasteiger partial charge in [-0.25, -0.2) is 0 Å². The molecule has 1 N–H and O–H groups in total. The third-order valence-electron chi connectivity index (χ3n) is 5.88. The average molecular weight is 415 g/mol. The Morgan fingerprint density at radius 1 is 1.03 bits per heavy atom. The molecule has 0 aliphatic carbocycles. The molecule has 0 saturated heterocycles. The number of carbonyl (C=O) groups excluding carboxylic acids is 2. The van der Waals surface area contributed by atoms with Gasteiger partial charge in [-0.05, 0) is 43.2 Å². The highest BCUT2D eigenvalue weighted by molar-refractivity contribution is 6.10. The molecule has 3 aromatic carbocycles. The van der Waals surface area contributed by atoms with E-state index < -0.39 is 11.5 Å². The number of carbonyl (C=O) groups is 2. The van der Waals surface area contributed by atoms with Crippen LogP contribution in [-0.2, 0) is 16.9 Å². The number of hydrogen-bond acceptors (Lipinski definition) is 4. The standard InChI is InChI=1S/C26H25NO4/c1-17-11-12-18(2)20(13-17)16-27-23-10-5-4-9-22(23)26(30,25(27)29)15-24(28)19-7-6-8-21(14-19)31-3/h4-14,30H,15-16H2,1-3H3/t26-/m1/s1. The number of para-hydroxylation sites is 1. The Balaban J connectivity index is 1.69. The summed E-state index contributed by atoms with van der Waals surface area (Å²) in [5.74, 6) is -0.253. The van der Waals surface area contributed by atoms with Gasteiger partial charge in [-0.3, -0.25) is 9.59 Å². The zero-order valence-corrected chi connectivity index (χ0v) is 17.9. The van der Waals surface area contributed by atoms with Gasteiger partial charge in [0.25, 0.3) is 5.91 Å². The summed E-state index contributed by atoms with van der Waals surface area (Å²) < 4.78 is 5.19. The van der Waals surface area contributed by atoms with Crippen LogP contribution in [0.3, 0.4) is 0 Å². The molecule has 3 aromatic rings. The maximum atomic E-state index is 13.5. The van der Waals surface area contributed by atoms with Crippen LogP contribution in [0.2, 0.25) is 0 Å². The summed E-state index contributed by atoms with van der Waals surface area (Å²) in [6.07, 6.45) is -0.334. The molecule has 0 fully saturated rings. The van der Waals surface area contributed by atoms with Crippen LogP contribution in [0.4, 0.5) is 5.69 Å². The predicted octanol–water partition coefficient (Wildman–Crippen LogP) is 4.32. The molecule has 0 aromatic heterocycles. The van der Waals surface area contributed by atoms with Crippen LogP contribution in [0.1, 0.15) is 39.0 Å². The van der Waals surface area contributed by atoms with Crippen molar-refractivity contribution < 1.29 is 19.4 Å². The minimum absolute atomic E-state index is 0.321. The van der Waals surface area contributed by atoms with E-state index in [0.29, 0.717) is 29.1 Å². The lowest BCUT2D eigenvalue weighted by Gasteiger charge is -2.23. The van der Waals surface area contributed by atoms with E-state index in [9.17, 15) is 14.7 Å². The average Bonchev–Trinajstić information content (AvgIpc) is 2.98. The normalized spacial score (nSPS) is 17.5. The van der Waals surface area contributed by atoms with Gasteiger partial charge in [0.1, 0.15) is 5.75 Å². The smallest absolute Gasteiger partial charge is 0.264 e. The van der Waals surface area contributed by atoms with Gasteiger partial charge in [-0.1, -0.05) is 54.1 Å². The molecule has 5 heteroatoms. The van der Waals surface area contributed by atoms with Crippen LogP contribution in [0, 0.1) is 13.8 Å². The van der Waals surface area contributed by atoms with Crippen LogP contribution in [0.5, 0.6) is 5.75 Å². The van der Waals surface area contributed by atoms with Crippen LogP contribution < -0.4 is 9.64 Å². The number of Topliss-reactive ketones (excluding diaryl/α,β-unsaturated/α-hetero) is 1. The molecular weight excluding hydrogens is 390 g/mol. The van der Waals surface area contributed by atoms with E-state index in [1.54, 1.807) is 41.3 Å². The molecule has 1 aliphatic heterocycles. The molecular formula is C26H25NO4. The van der Waals surface area contributed by atoms with Crippen molar-refractivity contribution in [2.45, 2.75) is 32.4 Å². The third-order valence-corrected chi connectivity index (χ3v) is 5.88. The van der Waals surface area contributed by atoms with E-state index in [-0.39, 0.29) is 12.2 Å². The second kappa shape index (κ2) is 8.00. The van der Waals surface area contributed by atoms with Crippen molar-refractivity contribution in [2.24, 2.45) is 0 Å². The Morgan fingerprint density at radius 2 is 1.81 bits per heavy atom. The molecule has 0 radical (unpaired) electrons. The van der Waals surface area contributed by atoms with Crippen molar-refractivity contribution >= 4 is 17.4 Å². The monoisotopic (exact) mass is 415 g/mol. The number of ether oxygens (including phenoxy) is 1. The number of hydrogen-bond donors (Lipinski definition) is 1. The molecule has 0 spiro atoms. The van der Waals surface area contributed by atoms with Crippen molar-refractivity contribution in [2.75, 3.05) is 12.0 Å². The fourth-order valence-corrected chi connectivity index (χ4v) is 4.11. The van der Waals surface area contributed by atoms with Gasteiger partial charge < -0.3 is 14.7 Å². The first-order valence-electron chi connectivity index (χ1n) is 10.2. The molecule has 0 unspecified atom stereocenters. The summed E-state index contributed by atoms with van der Waals surface area (Å²) in [5, 5.41) is 11.5. The van der Waals surface area contributed by atoms with Crippen LogP contribution in [0.15, 0.2) is 66.7 Å². The highest BCUT2D eigenvalue weighted by Crippen LogP contribution is 2.43. The number of anilines is 1. The zero-order valence-electron chi connectivity index (χ0n) is 17.9. The van der Waals surface area contributed by atoms with Crippen molar-refractivity contribution in [3.05, 3.63) is 94.5 Å². The summed E-state index contributed by atoms with van der Waals surface area (Å²) in [5.41, 5.74) is 2.75. The Labute approximate surface area is 181 Å². The third kappa shape index (κ3) is 3.73. The molecule has 1 heterocycles. The summed E-state index contributed by atoms with van der Waals surface area (Å²) in [7, 11) is 1.53. The molecule has 31 heavy (non-hydrogen) atoms. The molecule has 4 rings (SSSR count). The van der Waals surface area contributed by atoms with Gasteiger partial charge >= 0.3 is 0 Å². The van der Waals surface area contributed by atoms with E-state index in [2.05, 4.69) is 0 Å². The van der Waals surface area contributed by atoms with E-state index in [1.165, 1.54) is 7.11 Å². The van der Waals surface area contributed by atoms with E-state index in [0.717, 1.165) is 16.7 Å². The Kier molecular flexibility index (Phi) is 5.38. The quantitative estimate of drug-likeness (QED) is 0.609. The Bertz CT molecular complexity index is 1170. The first-order valence-corrected chi connectivity index (χ1v) is 10.2. The fourth-order valence-electron chi connectivity index (χ4n) is 4.11. The van der Waals surface area contributed by atoms with Gasteiger partial charge in [0.2, 0.25) is 0 Å². The molecule has 1 atom stereocenters. The van der Waals surface area contributed by atoms with Gasteiger partial charge in [-0.15, -0.1) is 0 Å². The number of ketones is 1. The maximum Gasteiger partial charge on any atom is 0.264 e. The second-order valence-electron chi connectivity index (χ2n) is 8.03. The lowest BCUT2D eigenvalue weighted by Crippen LogP contribution is -2.41. The number of aliphatic hydroxyl groups is 1. The number of rotatable bonds is 6. The zero-order chi connectivity index (χ0) is 22.2. The maximum absolute atomic E-state index is 13.5. The summed E-state index contributed by atoms with van der Waals surface area (Å²) in [6.45, 7) is 4.34. The van der Waals surface area contributed by atoms with Crippen LogP contribution in [0.25, 0.3) is 0 Å². The number of fused-ring (bicyclic) bond motifs is 1. The van der Waals surface area contributed by atoms with Crippen molar-refractivity contribution in [1.82, 2.24) is 0 Å². The fraction of sp³-hybridized carbons (Fsp3) is 0.231.